The molecular weight excluding hydrogens is 407 g/mol. The Bertz CT molecular complexity index is 1120. The number of hydrogen-bond donors (Lipinski definition) is 1. The van der Waals surface area contributed by atoms with Gasteiger partial charge in [-0.15, -0.1) is 0 Å². The number of benzene rings is 1. The summed E-state index contributed by atoms with van der Waals surface area (Å²) in [5.74, 6) is 0.130. The summed E-state index contributed by atoms with van der Waals surface area (Å²) >= 11 is 0. The van der Waals surface area contributed by atoms with Gasteiger partial charge in [-0.25, -0.2) is 4.98 Å². The molecule has 162 valence electrons. The average Bonchev–Trinajstić information content (AvgIpc) is 3.21. The molecule has 0 radical (unpaired) electrons. The Balaban J connectivity index is 1.28. The van der Waals surface area contributed by atoms with Crippen LogP contribution < -0.4 is 0 Å². The van der Waals surface area contributed by atoms with E-state index in [2.05, 4.69) is 9.97 Å². The van der Waals surface area contributed by atoms with Gasteiger partial charge in [-0.3, -0.25) is 4.79 Å². The van der Waals surface area contributed by atoms with E-state index >= 15 is 0 Å². The highest BCUT2D eigenvalue weighted by Gasteiger charge is 2.34. The maximum Gasteiger partial charge on any atom is 0.433 e. The van der Waals surface area contributed by atoms with Crippen LogP contribution in [0.5, 0.6) is 0 Å². The number of alkyl halides is 3. The second-order valence-corrected chi connectivity index (χ2v) is 8.15. The number of amides is 1. The van der Waals surface area contributed by atoms with Crippen molar-refractivity contribution < 1.29 is 22.7 Å². The molecular formula is C23H22F3N3O2. The molecule has 8 heteroatoms. The molecule has 5 nitrogen and oxygen atoms in total. The summed E-state index contributed by atoms with van der Waals surface area (Å²) in [6.07, 6.45) is -2.73. The van der Waals surface area contributed by atoms with Gasteiger partial charge in [-0.05, 0) is 48.6 Å². The van der Waals surface area contributed by atoms with Crippen LogP contribution in [0.25, 0.3) is 11.0 Å². The van der Waals surface area contributed by atoms with Gasteiger partial charge < -0.3 is 14.6 Å². The van der Waals surface area contributed by atoms with Crippen molar-refractivity contribution in [1.29, 1.82) is 0 Å². The molecule has 3 aromatic rings. The third kappa shape index (κ3) is 3.80. The summed E-state index contributed by atoms with van der Waals surface area (Å²) < 4.78 is 44.6. The minimum absolute atomic E-state index is 0.0151. The van der Waals surface area contributed by atoms with Crippen molar-refractivity contribution in [3.8, 4) is 0 Å². The quantitative estimate of drug-likeness (QED) is 0.648. The highest BCUT2D eigenvalue weighted by atomic mass is 19.4. The number of carbonyl (C=O) groups is 1. The Morgan fingerprint density at radius 1 is 1.13 bits per heavy atom. The van der Waals surface area contributed by atoms with E-state index in [-0.39, 0.29) is 11.8 Å². The molecule has 1 atom stereocenters. The number of fused-ring (bicyclic) bond motifs is 2. The normalized spacial score (nSPS) is 20.1. The maximum absolute atomic E-state index is 13.1. The van der Waals surface area contributed by atoms with Crippen LogP contribution in [0.15, 0.2) is 42.5 Å². The fraction of sp³-hybridized carbons (Fsp3) is 0.391. The lowest BCUT2D eigenvalue weighted by atomic mass is 9.92. The number of aromatic nitrogens is 2. The van der Waals surface area contributed by atoms with Crippen molar-refractivity contribution in [2.45, 2.75) is 37.5 Å². The van der Waals surface area contributed by atoms with Crippen LogP contribution in [-0.4, -0.2) is 40.5 Å². The fourth-order valence-corrected chi connectivity index (χ4v) is 4.58. The second kappa shape index (κ2) is 7.67. The SMILES string of the molecule is O=C([C@@H]1OCCc2ccccc21)N1CCC(c2cc3nc(C(F)(F)F)ccc3[nH]2)CC1. The van der Waals surface area contributed by atoms with Gasteiger partial charge in [0.2, 0.25) is 0 Å². The summed E-state index contributed by atoms with van der Waals surface area (Å²) in [7, 11) is 0. The lowest BCUT2D eigenvalue weighted by Gasteiger charge is -2.35. The number of halogens is 3. The first-order chi connectivity index (χ1) is 14.9. The highest BCUT2D eigenvalue weighted by Crippen LogP contribution is 2.34. The van der Waals surface area contributed by atoms with Gasteiger partial charge in [-0.2, -0.15) is 13.2 Å². The van der Waals surface area contributed by atoms with Gasteiger partial charge >= 0.3 is 6.18 Å². The van der Waals surface area contributed by atoms with Gasteiger partial charge in [-0.1, -0.05) is 24.3 Å². The molecule has 31 heavy (non-hydrogen) atoms. The number of pyridine rings is 1. The minimum Gasteiger partial charge on any atom is -0.363 e. The molecule has 2 aliphatic rings. The summed E-state index contributed by atoms with van der Waals surface area (Å²) in [4.78, 5) is 21.9. The minimum atomic E-state index is -4.46. The van der Waals surface area contributed by atoms with Crippen molar-refractivity contribution in [3.63, 3.8) is 0 Å². The number of aromatic amines is 1. The second-order valence-electron chi connectivity index (χ2n) is 8.15. The van der Waals surface area contributed by atoms with Gasteiger partial charge in [0.15, 0.2) is 6.10 Å². The Morgan fingerprint density at radius 3 is 2.68 bits per heavy atom. The molecule has 0 spiro atoms. The molecule has 1 fully saturated rings. The summed E-state index contributed by atoms with van der Waals surface area (Å²) in [5.41, 5.74) is 2.99. The third-order valence-electron chi connectivity index (χ3n) is 6.25. The predicted molar refractivity (Wildman–Crippen MR) is 108 cm³/mol. The summed E-state index contributed by atoms with van der Waals surface area (Å²) in [5, 5.41) is 0. The summed E-state index contributed by atoms with van der Waals surface area (Å²) in [6.45, 7) is 1.70. The van der Waals surface area contributed by atoms with E-state index in [4.69, 9.17) is 4.74 Å². The molecule has 1 aromatic carbocycles. The molecule has 2 aliphatic heterocycles. The van der Waals surface area contributed by atoms with Crippen LogP contribution in [0.3, 0.4) is 0 Å². The maximum atomic E-state index is 13.1. The van der Waals surface area contributed by atoms with Crippen LogP contribution in [-0.2, 0) is 22.1 Å². The van der Waals surface area contributed by atoms with Crippen LogP contribution in [0.4, 0.5) is 13.2 Å². The van der Waals surface area contributed by atoms with Crippen LogP contribution in [0.1, 0.15) is 47.4 Å². The van der Waals surface area contributed by atoms with E-state index in [0.717, 1.165) is 42.1 Å². The molecule has 0 bridgehead atoms. The van der Waals surface area contributed by atoms with Crippen LogP contribution in [0.2, 0.25) is 0 Å². The lowest BCUT2D eigenvalue weighted by molar-refractivity contribution is -0.146. The number of rotatable bonds is 2. The van der Waals surface area contributed by atoms with Crippen LogP contribution in [0, 0.1) is 0 Å². The van der Waals surface area contributed by atoms with Gasteiger partial charge in [0.1, 0.15) is 5.69 Å². The average molecular weight is 429 g/mol. The monoisotopic (exact) mass is 429 g/mol. The lowest BCUT2D eigenvalue weighted by Crippen LogP contribution is -2.42. The van der Waals surface area contributed by atoms with Gasteiger partial charge in [0.25, 0.3) is 5.91 Å². The van der Waals surface area contributed by atoms with Crippen molar-refractivity contribution >= 4 is 16.9 Å². The van der Waals surface area contributed by atoms with E-state index < -0.39 is 18.0 Å². The van der Waals surface area contributed by atoms with E-state index in [1.807, 2.05) is 29.2 Å². The van der Waals surface area contributed by atoms with Crippen molar-refractivity contribution in [2.24, 2.45) is 0 Å². The van der Waals surface area contributed by atoms with Crippen molar-refractivity contribution in [1.82, 2.24) is 14.9 Å². The zero-order valence-corrected chi connectivity index (χ0v) is 16.8. The molecule has 1 N–H and O–H groups in total. The Kier molecular flexibility index (Phi) is 4.97. The topological polar surface area (TPSA) is 58.2 Å². The number of hydrogen-bond acceptors (Lipinski definition) is 3. The molecule has 2 aromatic heterocycles. The largest absolute Gasteiger partial charge is 0.433 e. The molecule has 4 heterocycles. The molecule has 0 saturated carbocycles. The number of nitrogens with zero attached hydrogens (tertiary/aromatic N) is 2. The smallest absolute Gasteiger partial charge is 0.363 e. The van der Waals surface area contributed by atoms with E-state index in [1.165, 1.54) is 6.07 Å². The number of carbonyl (C=O) groups excluding carboxylic acids is 1. The van der Waals surface area contributed by atoms with Crippen molar-refractivity contribution in [2.75, 3.05) is 19.7 Å². The number of piperidine rings is 1. The highest BCUT2D eigenvalue weighted by molar-refractivity contribution is 5.83. The zero-order valence-electron chi connectivity index (χ0n) is 16.8. The summed E-state index contributed by atoms with van der Waals surface area (Å²) in [6, 6.07) is 12.0. The third-order valence-corrected chi connectivity index (χ3v) is 6.25. The first-order valence-electron chi connectivity index (χ1n) is 10.5. The number of ether oxygens (including phenoxy) is 1. The van der Waals surface area contributed by atoms with E-state index in [9.17, 15) is 18.0 Å². The van der Waals surface area contributed by atoms with Crippen molar-refractivity contribution in [3.05, 3.63) is 65.0 Å². The zero-order chi connectivity index (χ0) is 21.6. The first kappa shape index (κ1) is 20.1. The first-order valence-corrected chi connectivity index (χ1v) is 10.5. The molecule has 1 amide bonds. The van der Waals surface area contributed by atoms with Gasteiger partial charge in [0, 0.05) is 24.7 Å². The standard InChI is InChI=1S/C23H22F3N3O2/c24-23(25,26)20-6-5-17-19(28-20)13-18(27-17)15-7-10-29(11-8-15)22(30)21-16-4-2-1-3-14(16)9-12-31-21/h1-6,13,15,21,27H,7-12H2/t21-/m1/s1. The molecule has 1 saturated heterocycles. The number of H-pyrrole nitrogens is 1. The Hall–Kier alpha value is -2.87. The number of likely N-dealkylation sites (tertiary alicyclic amines) is 1. The predicted octanol–water partition coefficient (Wildman–Crippen LogP) is 4.60. The van der Waals surface area contributed by atoms with Gasteiger partial charge in [0.05, 0.1) is 17.6 Å². The number of nitrogens with one attached hydrogen (secondary N) is 1. The molecule has 0 unspecified atom stereocenters. The van der Waals surface area contributed by atoms with E-state index in [1.54, 1.807) is 6.07 Å². The fourth-order valence-electron chi connectivity index (χ4n) is 4.58. The Morgan fingerprint density at radius 2 is 1.90 bits per heavy atom. The van der Waals surface area contributed by atoms with E-state index in [0.29, 0.717) is 30.7 Å². The molecule has 5 rings (SSSR count). The Labute approximate surface area is 177 Å². The van der Waals surface area contributed by atoms with Crippen LogP contribution >= 0.6 is 0 Å². The molecule has 0 aliphatic carbocycles.